The van der Waals surface area contributed by atoms with Crippen LogP contribution in [0.4, 0.5) is 10.5 Å². The third kappa shape index (κ3) is 2.65. The lowest BCUT2D eigenvalue weighted by atomic mass is 10.1. The second kappa shape index (κ2) is 6.20. The standard InChI is InChI=1S/C19H18N4O/c24-19(23-11-9-15-5-1-4-8-18(15)23)21-13-16-6-2-3-7-17(16)22-12-10-20-14-22/h1-8,10,12,14H,9,11,13H2,(H,21,24). The molecule has 0 saturated heterocycles. The number of imidazole rings is 1. The molecule has 0 aliphatic carbocycles. The average Bonchev–Trinajstić information content (AvgIpc) is 3.29. The molecule has 0 bridgehead atoms. The fourth-order valence-electron chi connectivity index (χ4n) is 3.13. The largest absolute Gasteiger partial charge is 0.334 e. The predicted octanol–water partition coefficient (Wildman–Crippen LogP) is 3.14. The summed E-state index contributed by atoms with van der Waals surface area (Å²) in [5, 5.41) is 3.04. The number of carbonyl (C=O) groups excluding carboxylic acids is 1. The highest BCUT2D eigenvalue weighted by atomic mass is 16.2. The summed E-state index contributed by atoms with van der Waals surface area (Å²) in [6.45, 7) is 1.21. The van der Waals surface area contributed by atoms with Gasteiger partial charge in [-0.1, -0.05) is 36.4 Å². The first-order chi connectivity index (χ1) is 11.8. The number of nitrogens with one attached hydrogen (secondary N) is 1. The molecule has 0 atom stereocenters. The number of para-hydroxylation sites is 2. The number of hydrogen-bond donors (Lipinski definition) is 1. The molecular weight excluding hydrogens is 300 g/mol. The van der Waals surface area contributed by atoms with E-state index in [0.717, 1.165) is 29.9 Å². The van der Waals surface area contributed by atoms with Crippen LogP contribution >= 0.6 is 0 Å². The second-order valence-electron chi connectivity index (χ2n) is 5.79. The maximum Gasteiger partial charge on any atom is 0.322 e. The smallest absolute Gasteiger partial charge is 0.322 e. The first-order valence-corrected chi connectivity index (χ1v) is 8.02. The van der Waals surface area contributed by atoms with E-state index in [9.17, 15) is 4.79 Å². The monoisotopic (exact) mass is 318 g/mol. The Balaban J connectivity index is 1.50. The lowest BCUT2D eigenvalue weighted by Crippen LogP contribution is -2.38. The Kier molecular flexibility index (Phi) is 3.75. The minimum absolute atomic E-state index is 0.0552. The number of urea groups is 1. The zero-order valence-corrected chi connectivity index (χ0v) is 13.2. The molecule has 1 N–H and O–H groups in total. The van der Waals surface area contributed by atoms with Crippen molar-refractivity contribution in [1.29, 1.82) is 0 Å². The summed E-state index contributed by atoms with van der Waals surface area (Å²) in [5.74, 6) is 0. The number of benzene rings is 2. The number of rotatable bonds is 3. The normalized spacial score (nSPS) is 12.9. The van der Waals surface area contributed by atoms with E-state index in [1.807, 2.05) is 58.1 Å². The van der Waals surface area contributed by atoms with E-state index in [4.69, 9.17) is 0 Å². The topological polar surface area (TPSA) is 50.2 Å². The summed E-state index contributed by atoms with van der Waals surface area (Å²) in [6.07, 6.45) is 6.32. The molecule has 120 valence electrons. The van der Waals surface area contributed by atoms with Crippen LogP contribution in [0.15, 0.2) is 67.3 Å². The fraction of sp³-hybridized carbons (Fsp3) is 0.158. The van der Waals surface area contributed by atoms with Crippen molar-refractivity contribution in [3.63, 3.8) is 0 Å². The Labute approximate surface area is 140 Å². The highest BCUT2D eigenvalue weighted by molar-refractivity contribution is 5.94. The van der Waals surface area contributed by atoms with Crippen molar-refractivity contribution in [3.05, 3.63) is 78.4 Å². The molecule has 5 heteroatoms. The summed E-state index contributed by atoms with van der Waals surface area (Å²) in [5.41, 5.74) is 4.32. The van der Waals surface area contributed by atoms with Crippen molar-refractivity contribution in [2.45, 2.75) is 13.0 Å². The van der Waals surface area contributed by atoms with Crippen LogP contribution in [0, 0.1) is 0 Å². The van der Waals surface area contributed by atoms with Gasteiger partial charge in [-0.2, -0.15) is 0 Å². The van der Waals surface area contributed by atoms with Crippen molar-refractivity contribution < 1.29 is 4.79 Å². The van der Waals surface area contributed by atoms with Crippen LogP contribution in [-0.4, -0.2) is 22.1 Å². The molecule has 3 aromatic rings. The van der Waals surface area contributed by atoms with Crippen LogP contribution in [0.5, 0.6) is 0 Å². The third-order valence-corrected chi connectivity index (χ3v) is 4.34. The minimum Gasteiger partial charge on any atom is -0.334 e. The van der Waals surface area contributed by atoms with Gasteiger partial charge in [0.15, 0.2) is 0 Å². The van der Waals surface area contributed by atoms with E-state index in [0.29, 0.717) is 6.54 Å². The predicted molar refractivity (Wildman–Crippen MR) is 93.3 cm³/mol. The summed E-state index contributed by atoms with van der Waals surface area (Å²) in [4.78, 5) is 18.5. The van der Waals surface area contributed by atoms with Gasteiger partial charge < -0.3 is 9.88 Å². The van der Waals surface area contributed by atoms with Crippen LogP contribution in [0.1, 0.15) is 11.1 Å². The molecule has 0 fully saturated rings. The van der Waals surface area contributed by atoms with Gasteiger partial charge in [0.1, 0.15) is 0 Å². The minimum atomic E-state index is -0.0552. The van der Waals surface area contributed by atoms with Gasteiger partial charge in [0, 0.05) is 31.2 Å². The molecule has 0 unspecified atom stereocenters. The highest BCUT2D eigenvalue weighted by Gasteiger charge is 2.23. The molecule has 0 spiro atoms. The van der Waals surface area contributed by atoms with Gasteiger partial charge in [-0.15, -0.1) is 0 Å². The Hall–Kier alpha value is -3.08. The number of anilines is 1. The van der Waals surface area contributed by atoms with Gasteiger partial charge in [-0.3, -0.25) is 4.90 Å². The molecule has 5 nitrogen and oxygen atoms in total. The molecule has 2 amide bonds. The average molecular weight is 318 g/mol. The molecule has 2 heterocycles. The molecule has 1 aliphatic heterocycles. The summed E-state index contributed by atoms with van der Waals surface area (Å²) >= 11 is 0. The van der Waals surface area contributed by atoms with Crippen molar-refractivity contribution in [2.75, 3.05) is 11.4 Å². The molecular formula is C19H18N4O. The molecule has 0 saturated carbocycles. The fourth-order valence-corrected chi connectivity index (χ4v) is 3.13. The van der Waals surface area contributed by atoms with Crippen LogP contribution in [0.25, 0.3) is 5.69 Å². The van der Waals surface area contributed by atoms with Gasteiger partial charge in [0.2, 0.25) is 0 Å². The van der Waals surface area contributed by atoms with E-state index < -0.39 is 0 Å². The van der Waals surface area contributed by atoms with E-state index in [1.165, 1.54) is 5.56 Å². The lowest BCUT2D eigenvalue weighted by molar-refractivity contribution is 0.246. The molecule has 24 heavy (non-hydrogen) atoms. The molecule has 0 radical (unpaired) electrons. The zero-order valence-electron chi connectivity index (χ0n) is 13.2. The van der Waals surface area contributed by atoms with E-state index in [2.05, 4.69) is 16.4 Å². The molecule has 2 aromatic carbocycles. The summed E-state index contributed by atoms with van der Waals surface area (Å²) in [6, 6.07) is 16.0. The third-order valence-electron chi connectivity index (χ3n) is 4.34. The van der Waals surface area contributed by atoms with Crippen LogP contribution < -0.4 is 10.2 Å². The van der Waals surface area contributed by atoms with E-state index in [-0.39, 0.29) is 6.03 Å². The van der Waals surface area contributed by atoms with Crippen molar-refractivity contribution in [2.24, 2.45) is 0 Å². The van der Waals surface area contributed by atoms with Crippen molar-refractivity contribution >= 4 is 11.7 Å². The number of amides is 2. The maximum absolute atomic E-state index is 12.6. The Morgan fingerprint density at radius 1 is 1.08 bits per heavy atom. The van der Waals surface area contributed by atoms with Crippen molar-refractivity contribution in [1.82, 2.24) is 14.9 Å². The molecule has 4 rings (SSSR count). The van der Waals surface area contributed by atoms with Gasteiger partial charge in [0.25, 0.3) is 0 Å². The lowest BCUT2D eigenvalue weighted by Gasteiger charge is -2.19. The summed E-state index contributed by atoms with van der Waals surface area (Å²) in [7, 11) is 0. The van der Waals surface area contributed by atoms with Crippen LogP contribution in [-0.2, 0) is 13.0 Å². The maximum atomic E-state index is 12.6. The van der Waals surface area contributed by atoms with Crippen molar-refractivity contribution in [3.8, 4) is 5.69 Å². The van der Waals surface area contributed by atoms with Gasteiger partial charge in [-0.25, -0.2) is 9.78 Å². The van der Waals surface area contributed by atoms with Gasteiger partial charge >= 0.3 is 6.03 Å². The van der Waals surface area contributed by atoms with Gasteiger partial charge in [-0.05, 0) is 29.7 Å². The summed E-state index contributed by atoms with van der Waals surface area (Å²) < 4.78 is 1.95. The number of carbonyl (C=O) groups is 1. The highest BCUT2D eigenvalue weighted by Crippen LogP contribution is 2.27. The number of aromatic nitrogens is 2. The number of fused-ring (bicyclic) bond motifs is 1. The zero-order chi connectivity index (χ0) is 16.4. The Bertz CT molecular complexity index is 857. The second-order valence-corrected chi connectivity index (χ2v) is 5.79. The van der Waals surface area contributed by atoms with E-state index >= 15 is 0 Å². The SMILES string of the molecule is O=C(NCc1ccccc1-n1ccnc1)N1CCc2ccccc21. The molecule has 1 aromatic heterocycles. The first-order valence-electron chi connectivity index (χ1n) is 8.02. The van der Waals surface area contributed by atoms with Gasteiger partial charge in [0.05, 0.1) is 12.0 Å². The van der Waals surface area contributed by atoms with Crippen LogP contribution in [0.3, 0.4) is 0 Å². The first kappa shape index (κ1) is 14.5. The van der Waals surface area contributed by atoms with E-state index in [1.54, 1.807) is 12.5 Å². The Morgan fingerprint density at radius 2 is 1.88 bits per heavy atom. The van der Waals surface area contributed by atoms with Crippen LogP contribution in [0.2, 0.25) is 0 Å². The number of hydrogen-bond acceptors (Lipinski definition) is 2. The number of nitrogens with zero attached hydrogens (tertiary/aromatic N) is 3. The Morgan fingerprint density at radius 3 is 2.71 bits per heavy atom. The molecule has 1 aliphatic rings. The quantitative estimate of drug-likeness (QED) is 0.806.